The Balaban J connectivity index is 1.93. The first-order chi connectivity index (χ1) is 11.6. The van der Waals surface area contributed by atoms with Crippen LogP contribution in [-0.2, 0) is 25.7 Å². The van der Waals surface area contributed by atoms with Crippen molar-refractivity contribution in [3.8, 4) is 0 Å². The van der Waals surface area contributed by atoms with Gasteiger partial charge < -0.3 is 14.4 Å². The summed E-state index contributed by atoms with van der Waals surface area (Å²) < 4.78 is 10.2. The van der Waals surface area contributed by atoms with E-state index in [-0.39, 0.29) is 25.5 Å². The molecule has 0 bridgehead atoms. The van der Waals surface area contributed by atoms with Crippen LogP contribution in [0.1, 0.15) is 31.7 Å². The number of benzene rings is 1. The van der Waals surface area contributed by atoms with E-state index in [4.69, 9.17) is 9.47 Å². The molecule has 1 aliphatic heterocycles. The number of nitrogens with zero attached hydrogens (tertiary/aromatic N) is 1. The van der Waals surface area contributed by atoms with Crippen LogP contribution in [0.2, 0.25) is 0 Å². The van der Waals surface area contributed by atoms with Gasteiger partial charge in [0.25, 0.3) is 0 Å². The number of rotatable bonds is 4. The highest BCUT2D eigenvalue weighted by Crippen LogP contribution is 2.17. The van der Waals surface area contributed by atoms with Crippen LogP contribution in [0.15, 0.2) is 30.3 Å². The number of Topliss-reactive ketones (excluding diaryl/α,β-unsaturated/α-hetero) is 1. The average Bonchev–Trinajstić information content (AvgIpc) is 2.57. The number of hydrogen-bond donors (Lipinski definition) is 0. The minimum Gasteiger partial charge on any atom is -0.465 e. The van der Waals surface area contributed by atoms with Gasteiger partial charge in [-0.1, -0.05) is 36.8 Å². The average molecular weight is 333 g/mol. The highest BCUT2D eigenvalue weighted by molar-refractivity contribution is 6.00. The largest absolute Gasteiger partial charge is 0.465 e. The standard InChI is InChI=1S/C18H23NO5/c1-2-23-17(21)15-10-6-7-11-19(12-16(15)20)18(22)24-13-14-8-4-3-5-9-14/h3-5,8-9,15H,2,6-7,10-13H2,1H3. The Morgan fingerprint density at radius 2 is 1.92 bits per heavy atom. The maximum Gasteiger partial charge on any atom is 0.410 e. The van der Waals surface area contributed by atoms with Crippen LogP contribution in [-0.4, -0.2) is 42.4 Å². The summed E-state index contributed by atoms with van der Waals surface area (Å²) >= 11 is 0. The molecule has 0 aromatic heterocycles. The number of esters is 1. The Labute approximate surface area is 141 Å². The maximum atomic E-state index is 12.3. The number of carbonyl (C=O) groups excluding carboxylic acids is 3. The molecule has 6 heteroatoms. The van der Waals surface area contributed by atoms with E-state index >= 15 is 0 Å². The molecule has 0 radical (unpaired) electrons. The van der Waals surface area contributed by atoms with Crippen LogP contribution in [0.3, 0.4) is 0 Å². The lowest BCUT2D eigenvalue weighted by Gasteiger charge is -2.26. The molecule has 1 aromatic carbocycles. The Bertz CT molecular complexity index is 572. The van der Waals surface area contributed by atoms with Crippen molar-refractivity contribution in [2.45, 2.75) is 32.8 Å². The van der Waals surface area contributed by atoms with Crippen molar-refractivity contribution in [3.05, 3.63) is 35.9 Å². The first kappa shape index (κ1) is 18.0. The van der Waals surface area contributed by atoms with Gasteiger partial charge in [0.15, 0.2) is 5.78 Å². The summed E-state index contributed by atoms with van der Waals surface area (Å²) in [6, 6.07) is 9.35. The summed E-state index contributed by atoms with van der Waals surface area (Å²) in [6.45, 7) is 2.45. The lowest BCUT2D eigenvalue weighted by molar-refractivity contribution is -0.152. The second-order valence-electron chi connectivity index (χ2n) is 5.73. The van der Waals surface area contributed by atoms with E-state index in [0.29, 0.717) is 19.4 Å². The van der Waals surface area contributed by atoms with Crippen LogP contribution in [0, 0.1) is 5.92 Å². The van der Waals surface area contributed by atoms with Crippen LogP contribution in [0.5, 0.6) is 0 Å². The van der Waals surface area contributed by atoms with E-state index < -0.39 is 18.0 Å². The molecule has 1 saturated heterocycles. The van der Waals surface area contributed by atoms with Crippen molar-refractivity contribution >= 4 is 17.8 Å². The third-order valence-electron chi connectivity index (χ3n) is 3.94. The molecule has 6 nitrogen and oxygen atoms in total. The maximum absolute atomic E-state index is 12.3. The van der Waals surface area contributed by atoms with Gasteiger partial charge in [-0.05, 0) is 25.3 Å². The van der Waals surface area contributed by atoms with E-state index in [1.54, 1.807) is 6.92 Å². The van der Waals surface area contributed by atoms with Gasteiger partial charge in [0, 0.05) is 6.54 Å². The molecule has 1 amide bonds. The first-order valence-corrected chi connectivity index (χ1v) is 8.26. The fraction of sp³-hybridized carbons (Fsp3) is 0.500. The molecule has 0 N–H and O–H groups in total. The van der Waals surface area contributed by atoms with Gasteiger partial charge in [-0.25, -0.2) is 4.79 Å². The second kappa shape index (κ2) is 9.05. The van der Waals surface area contributed by atoms with Gasteiger partial charge in [0.1, 0.15) is 12.5 Å². The van der Waals surface area contributed by atoms with Crippen molar-refractivity contribution < 1.29 is 23.9 Å². The molecule has 0 spiro atoms. The first-order valence-electron chi connectivity index (χ1n) is 8.26. The zero-order valence-electron chi connectivity index (χ0n) is 13.9. The number of hydrogen-bond acceptors (Lipinski definition) is 5. The number of ether oxygens (including phenoxy) is 2. The lowest BCUT2D eigenvalue weighted by atomic mass is 9.95. The predicted molar refractivity (Wildman–Crippen MR) is 87.2 cm³/mol. The van der Waals surface area contributed by atoms with E-state index in [9.17, 15) is 14.4 Å². The molecule has 130 valence electrons. The van der Waals surface area contributed by atoms with Gasteiger partial charge in [0.2, 0.25) is 0 Å². The van der Waals surface area contributed by atoms with E-state index in [1.807, 2.05) is 30.3 Å². The fourth-order valence-corrected chi connectivity index (χ4v) is 2.65. The number of amides is 1. The van der Waals surface area contributed by atoms with Crippen molar-refractivity contribution in [2.75, 3.05) is 19.7 Å². The van der Waals surface area contributed by atoms with Crippen LogP contribution in [0.4, 0.5) is 4.79 Å². The normalized spacial score (nSPS) is 18.5. The quantitative estimate of drug-likeness (QED) is 0.625. The van der Waals surface area contributed by atoms with Crippen molar-refractivity contribution in [1.29, 1.82) is 0 Å². The summed E-state index contributed by atoms with van der Waals surface area (Å²) in [7, 11) is 0. The summed E-state index contributed by atoms with van der Waals surface area (Å²) in [5.41, 5.74) is 0.883. The number of likely N-dealkylation sites (tertiary alicyclic amines) is 1. The van der Waals surface area contributed by atoms with Crippen LogP contribution in [0.25, 0.3) is 0 Å². The molecule has 0 saturated carbocycles. The molecule has 0 aliphatic carbocycles. The second-order valence-corrected chi connectivity index (χ2v) is 5.73. The van der Waals surface area contributed by atoms with Crippen LogP contribution >= 0.6 is 0 Å². The van der Waals surface area contributed by atoms with Crippen molar-refractivity contribution in [3.63, 3.8) is 0 Å². The van der Waals surface area contributed by atoms with Gasteiger partial charge in [-0.3, -0.25) is 9.59 Å². The molecule has 1 aliphatic rings. The third-order valence-corrected chi connectivity index (χ3v) is 3.94. The molecule has 24 heavy (non-hydrogen) atoms. The van der Waals surface area contributed by atoms with Crippen LogP contribution < -0.4 is 0 Å². The Morgan fingerprint density at radius 1 is 1.17 bits per heavy atom. The zero-order chi connectivity index (χ0) is 17.4. The molecular formula is C18H23NO5. The monoisotopic (exact) mass is 333 g/mol. The summed E-state index contributed by atoms with van der Waals surface area (Å²) in [4.78, 5) is 37.8. The van der Waals surface area contributed by atoms with E-state index in [1.165, 1.54) is 4.90 Å². The SMILES string of the molecule is CCOC(=O)C1CCCCN(C(=O)OCc2ccccc2)CC1=O. The molecule has 1 fully saturated rings. The zero-order valence-corrected chi connectivity index (χ0v) is 13.9. The number of ketones is 1. The topological polar surface area (TPSA) is 72.9 Å². The smallest absolute Gasteiger partial charge is 0.410 e. The summed E-state index contributed by atoms with van der Waals surface area (Å²) in [6.07, 6.45) is 1.36. The minimum atomic E-state index is -0.783. The van der Waals surface area contributed by atoms with E-state index in [0.717, 1.165) is 12.0 Å². The summed E-state index contributed by atoms with van der Waals surface area (Å²) in [5.74, 6) is -1.57. The van der Waals surface area contributed by atoms with E-state index in [2.05, 4.69) is 0 Å². The Kier molecular flexibility index (Phi) is 6.78. The minimum absolute atomic E-state index is 0.114. The number of carbonyl (C=O) groups is 3. The van der Waals surface area contributed by atoms with Gasteiger partial charge in [-0.15, -0.1) is 0 Å². The summed E-state index contributed by atoms with van der Waals surface area (Å²) in [5, 5.41) is 0. The molecule has 1 aromatic rings. The van der Waals surface area contributed by atoms with Gasteiger partial charge >= 0.3 is 12.1 Å². The van der Waals surface area contributed by atoms with Crippen molar-refractivity contribution in [1.82, 2.24) is 4.90 Å². The Hall–Kier alpha value is -2.37. The van der Waals surface area contributed by atoms with Gasteiger partial charge in [0.05, 0.1) is 13.2 Å². The highest BCUT2D eigenvalue weighted by Gasteiger charge is 2.32. The molecule has 1 atom stereocenters. The predicted octanol–water partition coefficient (Wildman–Crippen LogP) is 2.56. The molecule has 1 unspecified atom stereocenters. The molecular weight excluding hydrogens is 310 g/mol. The highest BCUT2D eigenvalue weighted by atomic mass is 16.6. The Morgan fingerprint density at radius 3 is 2.62 bits per heavy atom. The van der Waals surface area contributed by atoms with Crippen molar-refractivity contribution in [2.24, 2.45) is 5.92 Å². The lowest BCUT2D eigenvalue weighted by Crippen LogP contribution is -2.42. The molecule has 1 heterocycles. The molecule has 2 rings (SSSR count). The third kappa shape index (κ3) is 5.08. The van der Waals surface area contributed by atoms with Gasteiger partial charge in [-0.2, -0.15) is 0 Å². The fourth-order valence-electron chi connectivity index (χ4n) is 2.65.